The summed E-state index contributed by atoms with van der Waals surface area (Å²) in [5.41, 5.74) is 42.3. The second-order valence-corrected chi connectivity index (χ2v) is 36.2. The third-order valence-corrected chi connectivity index (χ3v) is 37.2. The molecule has 5 aliphatic rings. The van der Waals surface area contributed by atoms with Crippen LogP contribution in [0.1, 0.15) is 58.8 Å². The normalized spacial score (nSPS) is 45.0. The monoisotopic (exact) mass is 1010 g/mol. The van der Waals surface area contributed by atoms with Crippen LogP contribution in [-0.2, 0) is 51.2 Å². The fraction of sp³-hybridized carbons (Fsp3) is 1.00. The fourth-order valence-electron chi connectivity index (χ4n) is 8.40. The summed E-state index contributed by atoms with van der Waals surface area (Å²) in [4.78, 5) is 37.0. The lowest BCUT2D eigenvalue weighted by Crippen LogP contribution is -2.70. The maximum absolute atomic E-state index is 12.6. The Balaban J connectivity index is 1.82. The Labute approximate surface area is 372 Å². The van der Waals surface area contributed by atoms with E-state index in [-0.39, 0.29) is 107 Å². The highest BCUT2D eigenvalue weighted by atomic mass is 28.5. The Kier molecular flexibility index (Phi) is 19.7. The molecule has 8 bridgehead atoms. The van der Waals surface area contributed by atoms with Gasteiger partial charge in [-0.1, -0.05) is 0 Å². The molecule has 24 nitrogen and oxygen atoms in total. The summed E-state index contributed by atoms with van der Waals surface area (Å²) in [7, 11) is -30.9. The van der Waals surface area contributed by atoms with Crippen molar-refractivity contribution in [2.45, 2.75) is 150 Å². The fourth-order valence-corrected chi connectivity index (χ4v) is 38.9. The lowest BCUT2D eigenvalue weighted by molar-refractivity contribution is -0.162. The van der Waals surface area contributed by atoms with E-state index < -0.39 is 110 Å². The van der Waals surface area contributed by atoms with Crippen molar-refractivity contribution < 1.29 is 75.8 Å². The zero-order valence-corrected chi connectivity index (χ0v) is 43.1. The van der Waals surface area contributed by atoms with Gasteiger partial charge >= 0.3 is 61.6 Å². The van der Waals surface area contributed by atoms with Crippen LogP contribution in [-0.4, -0.2) is 181 Å². The number of rotatable bonds is 21. The topological polar surface area (TPSA) is 394 Å². The highest BCUT2D eigenvalue weighted by molar-refractivity contribution is 6.88. The van der Waals surface area contributed by atoms with Crippen LogP contribution in [0.2, 0.25) is 42.3 Å². The molecule has 0 aromatic carbocycles. The van der Waals surface area contributed by atoms with Crippen LogP contribution in [0.3, 0.4) is 0 Å². The molecule has 0 saturated carbocycles. The van der Waals surface area contributed by atoms with E-state index in [0.717, 1.165) is 0 Å². The first kappa shape index (κ1) is 53.5. The number of hydrogen-bond donors (Lipinski definition) is 12. The van der Waals surface area contributed by atoms with Crippen molar-refractivity contribution in [2.24, 2.45) is 40.1 Å². The van der Waals surface area contributed by atoms with Gasteiger partial charge in [-0.2, -0.15) is 0 Å². The molecule has 62 heavy (non-hydrogen) atoms. The van der Waals surface area contributed by atoms with Crippen LogP contribution in [0.4, 0.5) is 0 Å². The molecule has 5 rings (SSSR count). The smallest absolute Gasteiger partial charge is 0.391 e. The van der Waals surface area contributed by atoms with Crippen molar-refractivity contribution in [1.82, 2.24) is 0 Å². The molecule has 0 spiro atoms. The predicted molar refractivity (Wildman–Crippen MR) is 235 cm³/mol. The van der Waals surface area contributed by atoms with E-state index in [2.05, 4.69) is 0 Å². The molecular formula is C31H75N7O17Si7. The van der Waals surface area contributed by atoms with Crippen molar-refractivity contribution in [3.8, 4) is 0 Å². The predicted octanol–water partition coefficient (Wildman–Crippen LogP) is -3.78. The summed E-state index contributed by atoms with van der Waals surface area (Å²) < 4.78 is 82.5. The first-order chi connectivity index (χ1) is 29.4. The number of nitrogens with two attached hydrogens (primary N) is 7. The molecule has 5 aliphatic heterocycles. The minimum Gasteiger partial charge on any atom is -0.391 e. The van der Waals surface area contributed by atoms with Crippen LogP contribution >= 0.6 is 0 Å². The largest absolute Gasteiger partial charge is 0.491 e. The average molecular weight is 1010 g/mol. The van der Waals surface area contributed by atoms with E-state index >= 15 is 0 Å². The third-order valence-electron chi connectivity index (χ3n) is 11.3. The van der Waals surface area contributed by atoms with Crippen LogP contribution in [0.15, 0.2) is 0 Å². The van der Waals surface area contributed by atoms with Gasteiger partial charge in [0, 0.05) is 42.3 Å². The number of hydrogen-bond acceptors (Lipinski definition) is 24. The molecule has 0 aromatic heterocycles. The summed E-state index contributed by atoms with van der Waals surface area (Å²) in [5, 5.41) is 25.0. The molecular weight excluding hydrogens is 939 g/mol. The Bertz CT molecular complexity index is 1420. The molecule has 15 atom stereocenters. The van der Waals surface area contributed by atoms with Crippen LogP contribution < -0.4 is 40.1 Å². The summed E-state index contributed by atoms with van der Waals surface area (Å²) >= 11 is 0. The molecule has 0 aromatic rings. The first-order valence-corrected chi connectivity index (χ1v) is 35.7. The van der Waals surface area contributed by atoms with Gasteiger partial charge in [-0.25, -0.2) is 0 Å². The molecule has 9 unspecified atom stereocenters. The van der Waals surface area contributed by atoms with Crippen molar-refractivity contribution >= 4 is 61.6 Å². The first-order valence-electron chi connectivity index (χ1n) is 22.1. The zero-order valence-electron chi connectivity index (χ0n) is 36.1. The van der Waals surface area contributed by atoms with Gasteiger partial charge in [0.1, 0.15) is 36.6 Å². The minimum atomic E-state index is -4.63. The summed E-state index contributed by atoms with van der Waals surface area (Å²) in [5.74, 6) is 0. The van der Waals surface area contributed by atoms with E-state index in [4.69, 9.17) is 91.4 Å². The van der Waals surface area contributed by atoms with Crippen LogP contribution in [0.5, 0.6) is 0 Å². The van der Waals surface area contributed by atoms with Gasteiger partial charge in [0.15, 0.2) is 0 Å². The Morgan fingerprint density at radius 2 is 0.597 bits per heavy atom. The van der Waals surface area contributed by atoms with Gasteiger partial charge in [0.2, 0.25) is 0 Å². The van der Waals surface area contributed by atoms with Gasteiger partial charge in [0.25, 0.3) is 0 Å². The minimum absolute atomic E-state index is 0.0158. The van der Waals surface area contributed by atoms with Crippen LogP contribution in [0, 0.1) is 0 Å². The molecule has 19 N–H and O–H groups in total. The molecule has 0 amide bonds. The number of aliphatic hydroxyl groups excluding tert-OH is 2. The second-order valence-electron chi connectivity index (χ2n) is 16.7. The maximum Gasteiger partial charge on any atom is 0.491 e. The number of aliphatic hydroxyl groups is 2. The van der Waals surface area contributed by atoms with Crippen molar-refractivity contribution in [1.29, 1.82) is 0 Å². The SMILES string of the molecule is C[C@@H]1O[Si](O)(CCCN)O[Si]2(CCCN)OC([C@H]1O)[C@@H]1O[Si](CCCN)(O2)O[Si]2(CCCN)O[C@@H]1[C@@H]1O[Si](CCCN)(O[Si](O)(CCCN)O[Si](O)(CCCN)O[C@H](C)C1O)O2. The Hall–Kier alpha value is 0.558. The molecule has 5 saturated heterocycles. The Morgan fingerprint density at radius 1 is 0.339 bits per heavy atom. The standard InChI is InChI=1S/C31H75N7O17Si7/c1-24-26(39)29-31-30-28-27(40)25(2)45-57(42,18-4-11-33)51-59(46-28,20-6-13-35)53-61(48-30,22-8-15-37)55-62(49-31,23-9-16-38)54-60(47-29,21-7-14-36)52-58(43,19-5-12-34)50-56(41,44-24)17-3-10-32/h24-31,39-43H,3-23,32-38H2,1-2H3/t24-,25+,26?,27+,28?,29-,30+,31-,56?,57?,58?,59?,60?,61?,62?/m1/s1. The van der Waals surface area contributed by atoms with Gasteiger partial charge in [-0.15, -0.1) is 0 Å². The Morgan fingerprint density at radius 3 is 0.935 bits per heavy atom. The quantitative estimate of drug-likeness (QED) is 0.0491. The van der Waals surface area contributed by atoms with Gasteiger partial charge in [-0.3, -0.25) is 0 Å². The summed E-state index contributed by atoms with van der Waals surface area (Å²) in [6, 6.07) is 0.0257. The van der Waals surface area contributed by atoms with Crippen molar-refractivity contribution in [2.75, 3.05) is 45.8 Å². The lowest BCUT2D eigenvalue weighted by atomic mass is 9.93. The van der Waals surface area contributed by atoms with Crippen molar-refractivity contribution in [3.63, 3.8) is 0 Å². The van der Waals surface area contributed by atoms with E-state index in [1.807, 2.05) is 0 Å². The van der Waals surface area contributed by atoms with E-state index in [9.17, 15) is 24.6 Å². The van der Waals surface area contributed by atoms with Gasteiger partial charge in [0.05, 0.1) is 12.2 Å². The average Bonchev–Trinajstić information content (AvgIpc) is 3.51. The molecule has 31 heteroatoms. The van der Waals surface area contributed by atoms with E-state index in [1.54, 1.807) is 6.92 Å². The van der Waals surface area contributed by atoms with Gasteiger partial charge < -0.3 is 116 Å². The van der Waals surface area contributed by atoms with Crippen molar-refractivity contribution in [3.05, 3.63) is 0 Å². The van der Waals surface area contributed by atoms with Crippen LogP contribution in [0.25, 0.3) is 0 Å². The molecule has 5 heterocycles. The molecule has 5 fully saturated rings. The third kappa shape index (κ3) is 12.8. The molecule has 0 aliphatic carbocycles. The van der Waals surface area contributed by atoms with E-state index in [1.165, 1.54) is 6.92 Å². The lowest BCUT2D eigenvalue weighted by Gasteiger charge is -2.47. The highest BCUT2D eigenvalue weighted by Crippen LogP contribution is 2.49. The molecule has 364 valence electrons. The van der Waals surface area contributed by atoms with Gasteiger partial charge in [-0.05, 0) is 105 Å². The maximum atomic E-state index is 12.6. The summed E-state index contributed by atoms with van der Waals surface area (Å²) in [6.45, 7) is 4.33. The number of fused-ring (bicyclic) bond motifs is 11. The summed E-state index contributed by atoms with van der Waals surface area (Å²) in [6.07, 6.45) is -9.21. The zero-order chi connectivity index (χ0) is 45.5. The highest BCUT2D eigenvalue weighted by Gasteiger charge is 2.75. The van der Waals surface area contributed by atoms with E-state index in [0.29, 0.717) is 25.7 Å². The second kappa shape index (κ2) is 22.8. The molecule has 0 radical (unpaired) electrons.